The SMILES string of the molecule is CCn1nnc2c(C)c([C@@H](CC(=O)O)c3ccc4c(c3)CN3C[C@@]5(CCCCN5c5ncccc5S3(=O)=O)N4)ccc21. The first-order valence-electron chi connectivity index (χ1n) is 14.4. The van der Waals surface area contributed by atoms with Crippen LogP contribution in [0.3, 0.4) is 0 Å². The summed E-state index contributed by atoms with van der Waals surface area (Å²) in [4.78, 5) is 19.0. The van der Waals surface area contributed by atoms with Crippen molar-refractivity contribution in [2.75, 3.05) is 23.3 Å². The average molecular weight is 588 g/mol. The van der Waals surface area contributed by atoms with Crippen LogP contribution in [-0.4, -0.2) is 62.5 Å². The van der Waals surface area contributed by atoms with Crippen LogP contribution in [0, 0.1) is 6.92 Å². The first-order chi connectivity index (χ1) is 20.2. The van der Waals surface area contributed by atoms with E-state index in [2.05, 4.69) is 25.5 Å². The number of aliphatic carboxylic acids is 1. The van der Waals surface area contributed by atoms with Gasteiger partial charge >= 0.3 is 5.97 Å². The molecule has 0 aliphatic carbocycles. The normalized spacial score (nSPS) is 23.1. The van der Waals surface area contributed by atoms with Crippen LogP contribution in [0.15, 0.2) is 53.6 Å². The second-order valence-electron chi connectivity index (χ2n) is 11.5. The van der Waals surface area contributed by atoms with Gasteiger partial charge in [-0.25, -0.2) is 18.1 Å². The minimum atomic E-state index is -3.84. The Morgan fingerprint density at radius 1 is 1.19 bits per heavy atom. The molecule has 3 aliphatic rings. The highest BCUT2D eigenvalue weighted by Gasteiger charge is 2.50. The molecule has 11 nitrogen and oxygen atoms in total. The minimum absolute atomic E-state index is 0.112. The van der Waals surface area contributed by atoms with Crippen molar-refractivity contribution in [3.63, 3.8) is 0 Å². The molecule has 12 heteroatoms. The van der Waals surface area contributed by atoms with Crippen LogP contribution < -0.4 is 10.2 Å². The summed E-state index contributed by atoms with van der Waals surface area (Å²) in [5.41, 5.74) is 5.29. The molecule has 1 fully saturated rings. The highest BCUT2D eigenvalue weighted by atomic mass is 32.2. The van der Waals surface area contributed by atoms with Crippen LogP contribution in [0.1, 0.15) is 60.8 Å². The summed E-state index contributed by atoms with van der Waals surface area (Å²) in [5, 5.41) is 22.3. The monoisotopic (exact) mass is 587 g/mol. The topological polar surface area (TPSA) is 134 Å². The number of pyridine rings is 1. The van der Waals surface area contributed by atoms with E-state index >= 15 is 0 Å². The van der Waals surface area contributed by atoms with Crippen LogP contribution >= 0.6 is 0 Å². The number of nitrogens with one attached hydrogen (secondary N) is 1. The number of piperidine rings is 1. The number of anilines is 2. The van der Waals surface area contributed by atoms with Crippen molar-refractivity contribution in [1.29, 1.82) is 0 Å². The molecule has 1 saturated heterocycles. The second kappa shape index (κ2) is 9.77. The van der Waals surface area contributed by atoms with Crippen LogP contribution in [0.25, 0.3) is 11.0 Å². The Morgan fingerprint density at radius 2 is 2.05 bits per heavy atom. The molecule has 5 heterocycles. The smallest absolute Gasteiger partial charge is 0.304 e. The number of rotatable bonds is 5. The number of carboxylic acids is 1. The third-order valence-corrected chi connectivity index (χ3v) is 10.9. The van der Waals surface area contributed by atoms with Gasteiger partial charge in [-0.15, -0.1) is 5.10 Å². The van der Waals surface area contributed by atoms with Crippen molar-refractivity contribution >= 4 is 38.5 Å². The van der Waals surface area contributed by atoms with Gasteiger partial charge in [-0.1, -0.05) is 23.4 Å². The van der Waals surface area contributed by atoms with E-state index in [0.717, 1.165) is 58.2 Å². The number of aryl methyl sites for hydroxylation is 2. The number of carbonyl (C=O) groups is 1. The fourth-order valence-electron chi connectivity index (χ4n) is 7.02. The zero-order valence-electron chi connectivity index (χ0n) is 23.6. The minimum Gasteiger partial charge on any atom is -0.481 e. The fraction of sp³-hybridized carbons (Fsp3) is 0.400. The first-order valence-corrected chi connectivity index (χ1v) is 15.8. The molecule has 7 rings (SSSR count). The molecule has 1 spiro atoms. The van der Waals surface area contributed by atoms with Crippen LogP contribution in [0.4, 0.5) is 11.5 Å². The van der Waals surface area contributed by atoms with E-state index in [4.69, 9.17) is 0 Å². The summed E-state index contributed by atoms with van der Waals surface area (Å²) in [7, 11) is -3.84. The van der Waals surface area contributed by atoms with Gasteiger partial charge in [0, 0.05) is 37.4 Å². The molecule has 2 bridgehead atoms. The maximum absolute atomic E-state index is 14.1. The molecule has 4 aromatic rings. The van der Waals surface area contributed by atoms with Crippen molar-refractivity contribution in [2.24, 2.45) is 0 Å². The van der Waals surface area contributed by atoms with Gasteiger partial charge < -0.3 is 15.3 Å². The number of hydrogen-bond acceptors (Lipinski definition) is 8. The van der Waals surface area contributed by atoms with E-state index in [0.29, 0.717) is 18.9 Å². The lowest BCUT2D eigenvalue weighted by Gasteiger charge is -2.48. The standard InChI is InChI=1S/C30H33N7O4S/c1-3-37-25-11-9-22(19(2)28(25)33-34-37)23(16-27(38)39)20-8-10-24-21(15-20)17-35-18-30(32-24)12-4-5-14-36(30)29-26(42(35,40)41)7-6-13-31-29/h6-11,13,15,23,32H,3-5,12,14,16-18H2,1-2H3,(H,38,39)/t23-,30-/m0/s1. The number of benzene rings is 2. The molecule has 2 aromatic carbocycles. The number of aromatic nitrogens is 4. The Labute approximate surface area is 244 Å². The quantitative estimate of drug-likeness (QED) is 0.354. The lowest BCUT2D eigenvalue weighted by atomic mass is 9.84. The summed E-state index contributed by atoms with van der Waals surface area (Å²) in [6.07, 6.45) is 4.24. The lowest BCUT2D eigenvalue weighted by molar-refractivity contribution is -0.137. The van der Waals surface area contributed by atoms with Crippen LogP contribution in [0.5, 0.6) is 0 Å². The summed E-state index contributed by atoms with van der Waals surface area (Å²) < 4.78 is 31.5. The van der Waals surface area contributed by atoms with Gasteiger partial charge in [0.05, 0.1) is 18.5 Å². The van der Waals surface area contributed by atoms with Crippen molar-refractivity contribution in [2.45, 2.75) is 69.1 Å². The van der Waals surface area contributed by atoms with E-state index in [9.17, 15) is 18.3 Å². The van der Waals surface area contributed by atoms with Gasteiger partial charge in [0.2, 0.25) is 10.0 Å². The molecule has 3 aliphatic heterocycles. The van der Waals surface area contributed by atoms with Gasteiger partial charge in [0.1, 0.15) is 16.1 Å². The largest absolute Gasteiger partial charge is 0.481 e. The molecule has 2 aromatic heterocycles. The Bertz CT molecular complexity index is 1840. The molecule has 2 N–H and O–H groups in total. The van der Waals surface area contributed by atoms with Gasteiger partial charge in [0.25, 0.3) is 0 Å². The van der Waals surface area contributed by atoms with Crippen LogP contribution in [-0.2, 0) is 27.9 Å². The number of fused-ring (bicyclic) bond motifs is 5. The molecule has 0 radical (unpaired) electrons. The Balaban J connectivity index is 1.35. The second-order valence-corrected chi connectivity index (χ2v) is 13.4. The average Bonchev–Trinajstić information content (AvgIpc) is 3.30. The van der Waals surface area contributed by atoms with Gasteiger partial charge in [-0.3, -0.25) is 4.79 Å². The number of sulfonamides is 1. The molecular weight excluding hydrogens is 554 g/mol. The summed E-state index contributed by atoms with van der Waals surface area (Å²) in [5.74, 6) is -0.862. The third-order valence-electron chi connectivity index (χ3n) is 9.08. The third kappa shape index (κ3) is 4.07. The zero-order chi connectivity index (χ0) is 29.2. The first kappa shape index (κ1) is 26.8. The van der Waals surface area contributed by atoms with Gasteiger partial charge in [-0.2, -0.15) is 4.31 Å². The Kier molecular flexibility index (Phi) is 6.24. The van der Waals surface area contributed by atoms with Crippen molar-refractivity contribution in [3.05, 3.63) is 70.9 Å². The van der Waals surface area contributed by atoms with E-state index in [1.54, 1.807) is 22.6 Å². The lowest BCUT2D eigenvalue weighted by Crippen LogP contribution is -2.61. The van der Waals surface area contributed by atoms with E-state index in [1.165, 1.54) is 0 Å². The van der Waals surface area contributed by atoms with Gasteiger partial charge in [0.15, 0.2) is 5.82 Å². The van der Waals surface area contributed by atoms with E-state index in [1.807, 2.05) is 48.9 Å². The highest BCUT2D eigenvalue weighted by molar-refractivity contribution is 7.89. The molecular formula is C30H33N7O4S. The molecule has 0 amide bonds. The number of nitrogens with zero attached hydrogens (tertiary/aromatic N) is 6. The maximum Gasteiger partial charge on any atom is 0.304 e. The molecule has 218 valence electrons. The summed E-state index contributed by atoms with van der Waals surface area (Å²) in [6, 6.07) is 13.2. The predicted molar refractivity (Wildman–Crippen MR) is 158 cm³/mol. The van der Waals surface area contributed by atoms with Crippen molar-refractivity contribution < 1.29 is 18.3 Å². The summed E-state index contributed by atoms with van der Waals surface area (Å²) in [6.45, 7) is 5.81. The van der Waals surface area contributed by atoms with E-state index < -0.39 is 27.6 Å². The molecule has 42 heavy (non-hydrogen) atoms. The zero-order valence-corrected chi connectivity index (χ0v) is 24.4. The summed E-state index contributed by atoms with van der Waals surface area (Å²) >= 11 is 0. The highest BCUT2D eigenvalue weighted by Crippen LogP contribution is 2.45. The molecule has 1 unspecified atom stereocenters. The Hall–Kier alpha value is -4.03. The van der Waals surface area contributed by atoms with Gasteiger partial charge in [-0.05, 0) is 79.6 Å². The van der Waals surface area contributed by atoms with Crippen LogP contribution in [0.2, 0.25) is 0 Å². The van der Waals surface area contributed by atoms with Crippen molar-refractivity contribution in [1.82, 2.24) is 24.3 Å². The Morgan fingerprint density at radius 3 is 2.86 bits per heavy atom. The number of hydrogen-bond donors (Lipinski definition) is 2. The number of carboxylic acid groups (broad SMARTS) is 1. The predicted octanol–water partition coefficient (Wildman–Crippen LogP) is 4.08. The molecule has 3 atom stereocenters. The fourth-order valence-corrected chi connectivity index (χ4v) is 8.64. The van der Waals surface area contributed by atoms with E-state index in [-0.39, 0.29) is 24.4 Å². The maximum atomic E-state index is 14.1. The molecule has 0 saturated carbocycles. The van der Waals surface area contributed by atoms with Crippen molar-refractivity contribution in [3.8, 4) is 0 Å².